The highest BCUT2D eigenvalue weighted by atomic mass is 16.3. The first-order chi connectivity index (χ1) is 13.4. The first kappa shape index (κ1) is 17.5. The molecule has 8 nitrogen and oxygen atoms in total. The molecule has 1 aliphatic rings. The topological polar surface area (TPSA) is 108 Å². The van der Waals surface area contributed by atoms with Crippen LogP contribution in [0.1, 0.15) is 12.5 Å². The smallest absolute Gasteiger partial charge is 0.330 e. The minimum Gasteiger partial charge on any atom is -0.494 e. The van der Waals surface area contributed by atoms with E-state index in [-0.39, 0.29) is 11.1 Å². The van der Waals surface area contributed by atoms with Gasteiger partial charge in [0.05, 0.1) is 17.0 Å². The van der Waals surface area contributed by atoms with Gasteiger partial charge in [0.1, 0.15) is 5.56 Å². The van der Waals surface area contributed by atoms with Crippen LogP contribution in [0.5, 0.6) is 5.88 Å². The van der Waals surface area contributed by atoms with Gasteiger partial charge in [-0.1, -0.05) is 36.4 Å². The molecule has 1 aliphatic heterocycles. The molecule has 0 atom stereocenters. The Morgan fingerprint density at radius 1 is 1.07 bits per heavy atom. The van der Waals surface area contributed by atoms with Crippen LogP contribution in [0.4, 0.5) is 5.69 Å². The molecule has 1 amide bonds. The largest absolute Gasteiger partial charge is 0.494 e. The van der Waals surface area contributed by atoms with Crippen molar-refractivity contribution in [1.29, 1.82) is 0 Å². The lowest BCUT2D eigenvalue weighted by Gasteiger charge is -2.14. The molecular formula is C20H16N4O4. The molecular weight excluding hydrogens is 360 g/mol. The predicted molar refractivity (Wildman–Crippen MR) is 106 cm³/mol. The zero-order valence-electron chi connectivity index (χ0n) is 15.1. The van der Waals surface area contributed by atoms with Crippen LogP contribution < -0.4 is 16.3 Å². The molecule has 2 heterocycles. The number of aromatic nitrogens is 2. The van der Waals surface area contributed by atoms with Crippen molar-refractivity contribution in [2.24, 2.45) is 12.1 Å². The van der Waals surface area contributed by atoms with Crippen LogP contribution in [0, 0.1) is 0 Å². The molecule has 0 saturated heterocycles. The van der Waals surface area contributed by atoms with Gasteiger partial charge in [-0.15, -0.1) is 0 Å². The molecule has 0 saturated carbocycles. The third-order valence-corrected chi connectivity index (χ3v) is 4.67. The van der Waals surface area contributed by atoms with Crippen LogP contribution in [0.25, 0.3) is 16.8 Å². The summed E-state index contributed by atoms with van der Waals surface area (Å²) in [7, 11) is 1.31. The molecule has 0 bridgehead atoms. The standard InChI is InChI=1S/C20H16N4O4/c1-11-14(10-15-17(25)21-20(28)23(2)18(15)26)19(27)24(22-11)16-9-5-7-12-6-3-4-8-13(12)16/h3-10,26H,1-2H3,(H,21,25,28)/b14-10-. The van der Waals surface area contributed by atoms with E-state index in [0.717, 1.165) is 15.3 Å². The minimum absolute atomic E-state index is 0.160. The summed E-state index contributed by atoms with van der Waals surface area (Å²) in [6.45, 7) is 1.64. The number of aromatic amines is 1. The molecule has 140 valence electrons. The van der Waals surface area contributed by atoms with Gasteiger partial charge in [-0.2, -0.15) is 10.1 Å². The maximum atomic E-state index is 13.0. The number of aromatic hydroxyl groups is 1. The highest BCUT2D eigenvalue weighted by molar-refractivity contribution is 6.33. The average molecular weight is 376 g/mol. The number of nitrogens with one attached hydrogen (secondary N) is 1. The Labute approximate surface area is 158 Å². The summed E-state index contributed by atoms with van der Waals surface area (Å²) in [5.74, 6) is -0.952. The SMILES string of the molecule is CC1=NN(c2cccc3ccccc23)C(=O)/C1=C\c1c(O)n(C)c(=O)[nH]c1=O. The molecule has 4 rings (SSSR count). The number of hydrogen-bond donors (Lipinski definition) is 2. The number of amides is 1. The van der Waals surface area contributed by atoms with E-state index in [1.807, 2.05) is 36.4 Å². The van der Waals surface area contributed by atoms with Gasteiger partial charge in [-0.25, -0.2) is 4.79 Å². The third kappa shape index (κ3) is 2.62. The van der Waals surface area contributed by atoms with Gasteiger partial charge in [-0.3, -0.25) is 19.1 Å². The number of hydrogen-bond acceptors (Lipinski definition) is 5. The number of nitrogens with zero attached hydrogens (tertiary/aromatic N) is 3. The molecule has 0 aliphatic carbocycles. The second kappa shape index (κ2) is 6.34. The van der Waals surface area contributed by atoms with Crippen molar-refractivity contribution in [2.75, 3.05) is 5.01 Å². The highest BCUT2D eigenvalue weighted by Gasteiger charge is 2.30. The third-order valence-electron chi connectivity index (χ3n) is 4.67. The van der Waals surface area contributed by atoms with E-state index in [4.69, 9.17) is 0 Å². The molecule has 0 radical (unpaired) electrons. The fourth-order valence-electron chi connectivity index (χ4n) is 3.14. The number of anilines is 1. The number of benzene rings is 2. The van der Waals surface area contributed by atoms with Gasteiger partial charge in [0.15, 0.2) is 0 Å². The second-order valence-electron chi connectivity index (χ2n) is 6.41. The number of carbonyl (C=O) groups excluding carboxylic acids is 1. The van der Waals surface area contributed by atoms with Crippen LogP contribution in [-0.2, 0) is 11.8 Å². The van der Waals surface area contributed by atoms with Crippen molar-refractivity contribution in [3.05, 3.63) is 74.4 Å². The van der Waals surface area contributed by atoms with Crippen LogP contribution in [-0.4, -0.2) is 26.3 Å². The quantitative estimate of drug-likeness (QED) is 0.664. The summed E-state index contributed by atoms with van der Waals surface area (Å²) in [5, 5.41) is 17.6. The van der Waals surface area contributed by atoms with Gasteiger partial charge in [0.2, 0.25) is 5.88 Å². The number of hydrazone groups is 1. The van der Waals surface area contributed by atoms with Crippen LogP contribution >= 0.6 is 0 Å². The molecule has 2 aromatic carbocycles. The summed E-state index contributed by atoms with van der Waals surface area (Å²) in [6.07, 6.45) is 1.25. The zero-order chi connectivity index (χ0) is 20.0. The summed E-state index contributed by atoms with van der Waals surface area (Å²) in [6, 6.07) is 13.2. The van der Waals surface area contributed by atoms with E-state index in [1.54, 1.807) is 13.0 Å². The fourth-order valence-corrected chi connectivity index (χ4v) is 3.14. The van der Waals surface area contributed by atoms with Crippen molar-refractivity contribution in [1.82, 2.24) is 9.55 Å². The molecule has 28 heavy (non-hydrogen) atoms. The Morgan fingerprint density at radius 2 is 1.79 bits per heavy atom. The second-order valence-corrected chi connectivity index (χ2v) is 6.41. The van der Waals surface area contributed by atoms with Crippen molar-refractivity contribution < 1.29 is 9.90 Å². The summed E-state index contributed by atoms with van der Waals surface area (Å²) in [5.41, 5.74) is -0.537. The zero-order valence-corrected chi connectivity index (χ0v) is 15.1. The number of H-pyrrole nitrogens is 1. The maximum absolute atomic E-state index is 13.0. The van der Waals surface area contributed by atoms with Crippen molar-refractivity contribution in [2.45, 2.75) is 6.92 Å². The lowest BCUT2D eigenvalue weighted by atomic mass is 10.1. The van der Waals surface area contributed by atoms with Crippen molar-refractivity contribution in [3.8, 4) is 5.88 Å². The van der Waals surface area contributed by atoms with E-state index in [1.165, 1.54) is 18.1 Å². The van der Waals surface area contributed by atoms with Gasteiger partial charge in [0.25, 0.3) is 11.5 Å². The Kier molecular flexibility index (Phi) is 3.96. The normalized spacial score (nSPS) is 15.5. The van der Waals surface area contributed by atoms with Gasteiger partial charge in [-0.05, 0) is 24.5 Å². The van der Waals surface area contributed by atoms with Crippen molar-refractivity contribution >= 4 is 34.2 Å². The van der Waals surface area contributed by atoms with E-state index < -0.39 is 23.0 Å². The Morgan fingerprint density at radius 3 is 2.57 bits per heavy atom. The minimum atomic E-state index is -0.780. The van der Waals surface area contributed by atoms with Crippen LogP contribution in [0.15, 0.2) is 62.7 Å². The fraction of sp³-hybridized carbons (Fsp3) is 0.100. The molecule has 2 N–H and O–H groups in total. The Bertz CT molecular complexity index is 1310. The molecule has 0 spiro atoms. The van der Waals surface area contributed by atoms with Gasteiger partial charge < -0.3 is 5.11 Å². The first-order valence-electron chi connectivity index (χ1n) is 8.50. The summed E-state index contributed by atoms with van der Waals surface area (Å²) >= 11 is 0. The monoisotopic (exact) mass is 376 g/mol. The Hall–Kier alpha value is -3.94. The van der Waals surface area contributed by atoms with E-state index in [9.17, 15) is 19.5 Å². The number of rotatable bonds is 2. The first-order valence-corrected chi connectivity index (χ1v) is 8.50. The molecule has 1 aromatic heterocycles. The van der Waals surface area contributed by atoms with E-state index in [0.29, 0.717) is 11.4 Å². The molecule has 0 unspecified atom stereocenters. The van der Waals surface area contributed by atoms with E-state index >= 15 is 0 Å². The lowest BCUT2D eigenvalue weighted by molar-refractivity contribution is -0.114. The number of fused-ring (bicyclic) bond motifs is 1. The highest BCUT2D eigenvalue weighted by Crippen LogP contribution is 2.31. The Balaban J connectivity index is 1.84. The van der Waals surface area contributed by atoms with Gasteiger partial charge >= 0.3 is 5.69 Å². The van der Waals surface area contributed by atoms with Crippen LogP contribution in [0.3, 0.4) is 0 Å². The number of carbonyl (C=O) groups is 1. The van der Waals surface area contributed by atoms with E-state index in [2.05, 4.69) is 10.1 Å². The molecule has 0 fully saturated rings. The summed E-state index contributed by atoms with van der Waals surface area (Å²) in [4.78, 5) is 38.8. The van der Waals surface area contributed by atoms with Gasteiger partial charge in [0, 0.05) is 12.4 Å². The lowest BCUT2D eigenvalue weighted by Crippen LogP contribution is -2.30. The van der Waals surface area contributed by atoms with Crippen molar-refractivity contribution in [3.63, 3.8) is 0 Å². The average Bonchev–Trinajstić information content (AvgIpc) is 2.96. The summed E-state index contributed by atoms with van der Waals surface area (Å²) < 4.78 is 0.891. The maximum Gasteiger partial charge on any atom is 0.330 e. The predicted octanol–water partition coefficient (Wildman–Crippen LogP) is 1.74. The van der Waals surface area contributed by atoms with Crippen LogP contribution in [0.2, 0.25) is 0 Å². The molecule has 3 aromatic rings. The molecule has 8 heteroatoms.